The summed E-state index contributed by atoms with van der Waals surface area (Å²) in [4.78, 5) is 3.83. The molecule has 1 aromatic rings. The van der Waals surface area contributed by atoms with Crippen molar-refractivity contribution in [2.24, 2.45) is 0 Å². The molecular formula is C10H10N2O. The number of nitrogens with zero attached hydrogens (tertiary/aromatic N) is 2. The van der Waals surface area contributed by atoms with Crippen LogP contribution >= 0.6 is 0 Å². The SMILES string of the molecule is CC=CCOc1ccnc(C#N)c1. The normalized spacial score (nSPS) is 9.85. The third-order valence-corrected chi connectivity index (χ3v) is 1.43. The molecule has 0 unspecified atom stereocenters. The van der Waals surface area contributed by atoms with Crippen molar-refractivity contribution < 1.29 is 4.74 Å². The summed E-state index contributed by atoms with van der Waals surface area (Å²) in [5.74, 6) is 0.671. The van der Waals surface area contributed by atoms with Gasteiger partial charge in [0, 0.05) is 12.3 Å². The maximum absolute atomic E-state index is 8.55. The maximum atomic E-state index is 8.55. The summed E-state index contributed by atoms with van der Waals surface area (Å²) in [7, 11) is 0. The molecule has 0 atom stereocenters. The van der Waals surface area contributed by atoms with Crippen molar-refractivity contribution in [2.75, 3.05) is 6.61 Å². The smallest absolute Gasteiger partial charge is 0.144 e. The van der Waals surface area contributed by atoms with Crippen LogP contribution in [0.2, 0.25) is 0 Å². The lowest BCUT2D eigenvalue weighted by atomic mass is 10.3. The van der Waals surface area contributed by atoms with Crippen LogP contribution in [-0.4, -0.2) is 11.6 Å². The van der Waals surface area contributed by atoms with Crippen LogP contribution < -0.4 is 4.74 Å². The standard InChI is InChI=1S/C10H10N2O/c1-2-3-6-13-10-4-5-12-9(7-10)8-11/h2-5,7H,6H2,1H3. The van der Waals surface area contributed by atoms with Crippen LogP contribution in [0.5, 0.6) is 5.75 Å². The van der Waals surface area contributed by atoms with Crippen molar-refractivity contribution in [3.8, 4) is 11.8 Å². The summed E-state index contributed by atoms with van der Waals surface area (Å²) in [6.07, 6.45) is 5.36. The Balaban J connectivity index is 2.62. The average molecular weight is 174 g/mol. The Morgan fingerprint density at radius 1 is 1.69 bits per heavy atom. The molecule has 0 bridgehead atoms. The fourth-order valence-corrected chi connectivity index (χ4v) is 0.803. The van der Waals surface area contributed by atoms with Crippen LogP contribution in [0.1, 0.15) is 12.6 Å². The van der Waals surface area contributed by atoms with Crippen LogP contribution in [0.15, 0.2) is 30.5 Å². The zero-order valence-corrected chi connectivity index (χ0v) is 7.40. The monoisotopic (exact) mass is 174 g/mol. The van der Waals surface area contributed by atoms with Gasteiger partial charge in [-0.3, -0.25) is 0 Å². The topological polar surface area (TPSA) is 45.9 Å². The summed E-state index contributed by atoms with van der Waals surface area (Å²) in [6.45, 7) is 2.45. The first-order valence-electron chi connectivity index (χ1n) is 3.97. The van der Waals surface area contributed by atoms with Gasteiger partial charge in [0.2, 0.25) is 0 Å². The van der Waals surface area contributed by atoms with Crippen molar-refractivity contribution in [1.29, 1.82) is 5.26 Å². The van der Waals surface area contributed by atoms with Gasteiger partial charge in [0.15, 0.2) is 0 Å². The zero-order valence-electron chi connectivity index (χ0n) is 7.40. The third-order valence-electron chi connectivity index (χ3n) is 1.43. The Kier molecular flexibility index (Phi) is 3.52. The van der Waals surface area contributed by atoms with E-state index in [2.05, 4.69) is 4.98 Å². The first kappa shape index (κ1) is 9.27. The Labute approximate surface area is 77.3 Å². The maximum Gasteiger partial charge on any atom is 0.144 e. The molecule has 0 saturated carbocycles. The minimum absolute atomic E-state index is 0.373. The second-order valence-corrected chi connectivity index (χ2v) is 2.37. The largest absolute Gasteiger partial charge is 0.489 e. The minimum atomic E-state index is 0.373. The van der Waals surface area contributed by atoms with E-state index in [-0.39, 0.29) is 0 Å². The Hall–Kier alpha value is -1.82. The number of pyridine rings is 1. The molecule has 0 aliphatic heterocycles. The first-order valence-corrected chi connectivity index (χ1v) is 3.97. The molecule has 0 amide bonds. The Bertz CT molecular complexity index is 339. The highest BCUT2D eigenvalue weighted by molar-refractivity contribution is 5.29. The van der Waals surface area contributed by atoms with Gasteiger partial charge in [-0.15, -0.1) is 0 Å². The van der Waals surface area contributed by atoms with Crippen LogP contribution in [0, 0.1) is 11.3 Å². The lowest BCUT2D eigenvalue weighted by Crippen LogP contribution is -1.94. The molecule has 1 rings (SSSR count). The summed E-state index contributed by atoms with van der Waals surface area (Å²) in [5.41, 5.74) is 0.373. The molecule has 0 fully saturated rings. The number of nitriles is 1. The van der Waals surface area contributed by atoms with Gasteiger partial charge in [-0.25, -0.2) is 4.98 Å². The number of rotatable bonds is 3. The van der Waals surface area contributed by atoms with Gasteiger partial charge in [0.1, 0.15) is 24.1 Å². The summed E-state index contributed by atoms with van der Waals surface area (Å²) < 4.78 is 5.31. The van der Waals surface area contributed by atoms with E-state index in [1.807, 2.05) is 25.1 Å². The van der Waals surface area contributed by atoms with Crippen LogP contribution in [0.3, 0.4) is 0 Å². The zero-order chi connectivity index (χ0) is 9.52. The van der Waals surface area contributed by atoms with Crippen molar-refractivity contribution >= 4 is 0 Å². The predicted molar refractivity (Wildman–Crippen MR) is 49.3 cm³/mol. The van der Waals surface area contributed by atoms with E-state index in [9.17, 15) is 0 Å². The van der Waals surface area contributed by atoms with E-state index >= 15 is 0 Å². The lowest BCUT2D eigenvalue weighted by molar-refractivity contribution is 0.362. The van der Waals surface area contributed by atoms with E-state index in [1.54, 1.807) is 18.3 Å². The van der Waals surface area contributed by atoms with E-state index in [0.29, 0.717) is 18.1 Å². The molecule has 13 heavy (non-hydrogen) atoms. The molecule has 3 nitrogen and oxygen atoms in total. The molecule has 66 valence electrons. The fourth-order valence-electron chi connectivity index (χ4n) is 0.803. The van der Waals surface area contributed by atoms with Gasteiger partial charge in [-0.1, -0.05) is 12.2 Å². The van der Waals surface area contributed by atoms with Gasteiger partial charge >= 0.3 is 0 Å². The highest BCUT2D eigenvalue weighted by Crippen LogP contribution is 2.09. The highest BCUT2D eigenvalue weighted by Gasteiger charge is 1.94. The Morgan fingerprint density at radius 3 is 3.23 bits per heavy atom. The molecule has 0 aliphatic carbocycles. The molecule has 0 aliphatic rings. The summed E-state index contributed by atoms with van der Waals surface area (Å²) in [5, 5.41) is 8.55. The van der Waals surface area contributed by atoms with Gasteiger partial charge < -0.3 is 4.74 Å². The first-order chi connectivity index (χ1) is 6.36. The van der Waals surface area contributed by atoms with Gasteiger partial charge in [0.05, 0.1) is 0 Å². The molecule has 0 aromatic carbocycles. The van der Waals surface area contributed by atoms with Crippen molar-refractivity contribution in [1.82, 2.24) is 4.98 Å². The molecular weight excluding hydrogens is 164 g/mol. The van der Waals surface area contributed by atoms with Crippen LogP contribution in [-0.2, 0) is 0 Å². The number of hydrogen-bond donors (Lipinski definition) is 0. The predicted octanol–water partition coefficient (Wildman–Crippen LogP) is 1.91. The highest BCUT2D eigenvalue weighted by atomic mass is 16.5. The van der Waals surface area contributed by atoms with Gasteiger partial charge in [-0.2, -0.15) is 5.26 Å². The van der Waals surface area contributed by atoms with Crippen molar-refractivity contribution in [2.45, 2.75) is 6.92 Å². The lowest BCUT2D eigenvalue weighted by Gasteiger charge is -2.01. The molecule has 0 saturated heterocycles. The molecule has 0 N–H and O–H groups in total. The number of allylic oxidation sites excluding steroid dienone is 1. The quantitative estimate of drug-likeness (QED) is 0.657. The van der Waals surface area contributed by atoms with Crippen molar-refractivity contribution in [3.05, 3.63) is 36.2 Å². The van der Waals surface area contributed by atoms with E-state index in [0.717, 1.165) is 0 Å². The number of hydrogen-bond acceptors (Lipinski definition) is 3. The summed E-state index contributed by atoms with van der Waals surface area (Å²) in [6, 6.07) is 5.29. The van der Waals surface area contributed by atoms with Crippen molar-refractivity contribution in [3.63, 3.8) is 0 Å². The van der Waals surface area contributed by atoms with E-state index in [4.69, 9.17) is 10.00 Å². The second-order valence-electron chi connectivity index (χ2n) is 2.37. The average Bonchev–Trinajstić information content (AvgIpc) is 2.19. The Morgan fingerprint density at radius 2 is 2.54 bits per heavy atom. The second kappa shape index (κ2) is 4.94. The van der Waals surface area contributed by atoms with E-state index in [1.165, 1.54) is 0 Å². The number of ether oxygens (including phenoxy) is 1. The molecule has 3 heteroatoms. The minimum Gasteiger partial charge on any atom is -0.489 e. The fraction of sp³-hybridized carbons (Fsp3) is 0.200. The number of aromatic nitrogens is 1. The van der Waals surface area contributed by atoms with Gasteiger partial charge in [-0.05, 0) is 13.0 Å². The van der Waals surface area contributed by atoms with E-state index < -0.39 is 0 Å². The molecule has 0 spiro atoms. The summed E-state index contributed by atoms with van der Waals surface area (Å²) >= 11 is 0. The third kappa shape index (κ3) is 2.96. The molecule has 0 radical (unpaired) electrons. The molecule has 1 heterocycles. The van der Waals surface area contributed by atoms with Gasteiger partial charge in [0.25, 0.3) is 0 Å². The van der Waals surface area contributed by atoms with Crippen LogP contribution in [0.25, 0.3) is 0 Å². The van der Waals surface area contributed by atoms with Crippen LogP contribution in [0.4, 0.5) is 0 Å². The molecule has 1 aromatic heterocycles.